The number of alkyl halides is 3. The van der Waals surface area contributed by atoms with Crippen molar-refractivity contribution in [2.75, 3.05) is 0 Å². The van der Waals surface area contributed by atoms with Gasteiger partial charge in [0.15, 0.2) is 5.16 Å². The minimum Gasteiger partial charge on any atom is -0.339 e. The normalized spacial score (nSPS) is 12.1. The number of nitrogens with zero attached hydrogens (tertiary/aromatic N) is 1. The summed E-state index contributed by atoms with van der Waals surface area (Å²) >= 11 is 1.17. The molecule has 0 saturated heterocycles. The van der Waals surface area contributed by atoms with Gasteiger partial charge in [0.2, 0.25) is 0 Å². The number of imidazole rings is 1. The molecular formula is C14H16F3N3S. The van der Waals surface area contributed by atoms with Crippen molar-refractivity contribution < 1.29 is 13.2 Å². The van der Waals surface area contributed by atoms with E-state index in [-0.39, 0.29) is 18.2 Å². The van der Waals surface area contributed by atoms with E-state index in [1.54, 1.807) is 18.5 Å². The van der Waals surface area contributed by atoms with Crippen molar-refractivity contribution in [3.8, 4) is 0 Å². The SMILES string of the molecule is CC(C)NCc1ccc(Sc2ncc[nH]2)cc1C(F)(F)F. The molecule has 1 heterocycles. The van der Waals surface area contributed by atoms with Crippen LogP contribution in [0.25, 0.3) is 0 Å². The van der Waals surface area contributed by atoms with Crippen molar-refractivity contribution in [3.05, 3.63) is 41.7 Å². The van der Waals surface area contributed by atoms with Gasteiger partial charge in [-0.05, 0) is 17.7 Å². The topological polar surface area (TPSA) is 40.7 Å². The third kappa shape index (κ3) is 4.50. The molecule has 0 bridgehead atoms. The Hall–Kier alpha value is -1.47. The number of aromatic nitrogens is 2. The van der Waals surface area contributed by atoms with Crippen LogP contribution in [0.2, 0.25) is 0 Å². The number of H-pyrrole nitrogens is 1. The van der Waals surface area contributed by atoms with E-state index in [1.165, 1.54) is 23.9 Å². The Balaban J connectivity index is 2.26. The van der Waals surface area contributed by atoms with Crippen LogP contribution in [0.4, 0.5) is 13.2 Å². The summed E-state index contributed by atoms with van der Waals surface area (Å²) in [6.45, 7) is 3.99. The fourth-order valence-electron chi connectivity index (χ4n) is 1.77. The Bertz CT molecular complexity index is 580. The number of aromatic amines is 1. The van der Waals surface area contributed by atoms with Gasteiger partial charge in [-0.25, -0.2) is 4.98 Å². The average Bonchev–Trinajstić information content (AvgIpc) is 2.89. The van der Waals surface area contributed by atoms with Crippen molar-refractivity contribution in [2.45, 2.75) is 42.7 Å². The predicted octanol–water partition coefficient (Wildman–Crippen LogP) is 4.08. The van der Waals surface area contributed by atoms with E-state index in [0.717, 1.165) is 0 Å². The van der Waals surface area contributed by atoms with Crippen molar-refractivity contribution >= 4 is 11.8 Å². The molecule has 114 valence electrons. The van der Waals surface area contributed by atoms with E-state index < -0.39 is 11.7 Å². The molecule has 0 radical (unpaired) electrons. The monoisotopic (exact) mass is 315 g/mol. The average molecular weight is 315 g/mol. The van der Waals surface area contributed by atoms with Gasteiger partial charge < -0.3 is 10.3 Å². The molecule has 0 aliphatic rings. The minimum atomic E-state index is -4.37. The lowest BCUT2D eigenvalue weighted by atomic mass is 10.1. The zero-order valence-corrected chi connectivity index (χ0v) is 12.5. The first-order valence-electron chi connectivity index (χ1n) is 6.47. The first-order chi connectivity index (χ1) is 9.86. The zero-order valence-electron chi connectivity index (χ0n) is 11.7. The highest BCUT2D eigenvalue weighted by atomic mass is 32.2. The third-order valence-electron chi connectivity index (χ3n) is 2.78. The summed E-state index contributed by atoms with van der Waals surface area (Å²) in [5, 5.41) is 3.58. The van der Waals surface area contributed by atoms with Gasteiger partial charge in [0.25, 0.3) is 0 Å². The van der Waals surface area contributed by atoms with Crippen LogP contribution < -0.4 is 5.32 Å². The number of halogens is 3. The quantitative estimate of drug-likeness (QED) is 0.873. The lowest BCUT2D eigenvalue weighted by Gasteiger charge is -2.16. The maximum atomic E-state index is 13.2. The molecule has 1 aromatic heterocycles. The van der Waals surface area contributed by atoms with Gasteiger partial charge in [-0.1, -0.05) is 31.7 Å². The number of nitrogens with one attached hydrogen (secondary N) is 2. The third-order valence-corrected chi connectivity index (χ3v) is 3.68. The van der Waals surface area contributed by atoms with Crippen molar-refractivity contribution in [1.82, 2.24) is 15.3 Å². The van der Waals surface area contributed by atoms with Gasteiger partial charge >= 0.3 is 6.18 Å². The smallest absolute Gasteiger partial charge is 0.339 e. The maximum absolute atomic E-state index is 13.2. The molecule has 0 spiro atoms. The molecular weight excluding hydrogens is 299 g/mol. The van der Waals surface area contributed by atoms with E-state index in [1.807, 2.05) is 13.8 Å². The van der Waals surface area contributed by atoms with Crippen LogP contribution in [0.3, 0.4) is 0 Å². The standard InChI is InChI=1S/C14H16F3N3S/c1-9(2)20-8-10-3-4-11(7-12(10)14(15,16)17)21-13-18-5-6-19-13/h3-7,9,20H,8H2,1-2H3,(H,18,19). The van der Waals surface area contributed by atoms with Crippen molar-refractivity contribution in [3.63, 3.8) is 0 Å². The molecule has 0 atom stereocenters. The summed E-state index contributed by atoms with van der Waals surface area (Å²) in [4.78, 5) is 7.36. The summed E-state index contributed by atoms with van der Waals surface area (Å²) < 4.78 is 39.5. The van der Waals surface area contributed by atoms with Gasteiger partial charge in [-0.3, -0.25) is 0 Å². The van der Waals surface area contributed by atoms with Crippen LogP contribution in [0.1, 0.15) is 25.0 Å². The molecule has 7 heteroatoms. The Labute approximate surface area is 125 Å². The lowest BCUT2D eigenvalue weighted by molar-refractivity contribution is -0.138. The fraction of sp³-hybridized carbons (Fsp3) is 0.357. The molecule has 2 aromatic rings. The predicted molar refractivity (Wildman–Crippen MR) is 76.1 cm³/mol. The number of hydrogen-bond donors (Lipinski definition) is 2. The van der Waals surface area contributed by atoms with Crippen LogP contribution in [0.5, 0.6) is 0 Å². The maximum Gasteiger partial charge on any atom is 0.416 e. The Morgan fingerprint density at radius 2 is 2.10 bits per heavy atom. The van der Waals surface area contributed by atoms with Crippen LogP contribution in [0, 0.1) is 0 Å². The van der Waals surface area contributed by atoms with E-state index in [2.05, 4.69) is 15.3 Å². The van der Waals surface area contributed by atoms with E-state index >= 15 is 0 Å². The summed E-state index contributed by atoms with van der Waals surface area (Å²) in [5.74, 6) is 0. The molecule has 0 fully saturated rings. The molecule has 0 aliphatic carbocycles. The van der Waals surface area contributed by atoms with E-state index in [9.17, 15) is 13.2 Å². The van der Waals surface area contributed by atoms with E-state index in [4.69, 9.17) is 0 Å². The van der Waals surface area contributed by atoms with Gasteiger partial charge in [0.1, 0.15) is 0 Å². The van der Waals surface area contributed by atoms with Crippen LogP contribution in [-0.2, 0) is 12.7 Å². The molecule has 0 amide bonds. The second-order valence-electron chi connectivity index (χ2n) is 4.85. The second-order valence-corrected chi connectivity index (χ2v) is 5.91. The summed E-state index contributed by atoms with van der Waals surface area (Å²) in [5.41, 5.74) is -0.354. The molecule has 0 aliphatic heterocycles. The highest BCUT2D eigenvalue weighted by Gasteiger charge is 2.33. The fourth-order valence-corrected chi connectivity index (χ4v) is 2.55. The van der Waals surface area contributed by atoms with Crippen LogP contribution in [0.15, 0.2) is 40.6 Å². The first-order valence-corrected chi connectivity index (χ1v) is 7.28. The van der Waals surface area contributed by atoms with Gasteiger partial charge in [0.05, 0.1) is 5.56 Å². The number of rotatable bonds is 5. The Morgan fingerprint density at radius 1 is 1.33 bits per heavy atom. The second kappa shape index (κ2) is 6.53. The molecule has 3 nitrogen and oxygen atoms in total. The number of benzene rings is 1. The highest BCUT2D eigenvalue weighted by Crippen LogP contribution is 2.36. The molecule has 2 rings (SSSR count). The highest BCUT2D eigenvalue weighted by molar-refractivity contribution is 7.99. The van der Waals surface area contributed by atoms with Crippen LogP contribution in [-0.4, -0.2) is 16.0 Å². The number of hydrogen-bond acceptors (Lipinski definition) is 3. The molecule has 0 unspecified atom stereocenters. The minimum absolute atomic E-state index is 0.128. The largest absolute Gasteiger partial charge is 0.416 e. The summed E-state index contributed by atoms with van der Waals surface area (Å²) in [6.07, 6.45) is -1.17. The van der Waals surface area contributed by atoms with E-state index in [0.29, 0.717) is 10.1 Å². The Kier molecular flexibility index (Phi) is 4.95. The zero-order chi connectivity index (χ0) is 15.5. The Morgan fingerprint density at radius 3 is 2.67 bits per heavy atom. The summed E-state index contributed by atoms with van der Waals surface area (Å²) in [7, 11) is 0. The van der Waals surface area contributed by atoms with Gasteiger partial charge in [0, 0.05) is 29.9 Å². The molecule has 0 saturated carbocycles. The van der Waals surface area contributed by atoms with Gasteiger partial charge in [-0.15, -0.1) is 0 Å². The van der Waals surface area contributed by atoms with Crippen molar-refractivity contribution in [1.29, 1.82) is 0 Å². The first kappa shape index (κ1) is 15.9. The molecule has 21 heavy (non-hydrogen) atoms. The van der Waals surface area contributed by atoms with Crippen molar-refractivity contribution in [2.24, 2.45) is 0 Å². The van der Waals surface area contributed by atoms with Gasteiger partial charge in [-0.2, -0.15) is 13.2 Å². The molecule has 1 aromatic carbocycles. The lowest BCUT2D eigenvalue weighted by Crippen LogP contribution is -2.23. The molecule has 2 N–H and O–H groups in total. The summed E-state index contributed by atoms with van der Waals surface area (Å²) in [6, 6.07) is 4.50. The van der Waals surface area contributed by atoms with Crippen LogP contribution >= 0.6 is 11.8 Å².